The molecule has 0 saturated carbocycles. The van der Waals surface area contributed by atoms with Crippen molar-refractivity contribution in [1.82, 2.24) is 4.90 Å². The quantitative estimate of drug-likeness (QED) is 0.323. The number of imide groups is 1. The zero-order chi connectivity index (χ0) is 23.2. The number of benzene rings is 3. The van der Waals surface area contributed by atoms with Crippen LogP contribution in [0.25, 0.3) is 6.08 Å². The Kier molecular flexibility index (Phi) is 7.60. The van der Waals surface area contributed by atoms with Gasteiger partial charge in [0.15, 0.2) is 5.75 Å². The molecule has 0 N–H and O–H groups in total. The van der Waals surface area contributed by atoms with Crippen molar-refractivity contribution in [2.24, 2.45) is 0 Å². The Hall–Kier alpha value is -2.93. The minimum absolute atomic E-state index is 0.157. The second kappa shape index (κ2) is 10.8. The zero-order valence-corrected chi connectivity index (χ0v) is 19.7. The lowest BCUT2D eigenvalue weighted by molar-refractivity contribution is -0.123. The number of hydrogen-bond acceptors (Lipinski definition) is 5. The summed E-state index contributed by atoms with van der Waals surface area (Å²) >= 11 is 13.6. The fourth-order valence-electron chi connectivity index (χ4n) is 3.15. The third-order valence-electron chi connectivity index (χ3n) is 4.74. The van der Waals surface area contributed by atoms with Crippen molar-refractivity contribution in [2.45, 2.75) is 6.61 Å². The van der Waals surface area contributed by atoms with E-state index >= 15 is 0 Å². The highest BCUT2D eigenvalue weighted by molar-refractivity contribution is 8.18. The number of halogens is 2. The molecule has 0 aromatic heterocycles. The van der Waals surface area contributed by atoms with Gasteiger partial charge in [-0.2, -0.15) is 0 Å². The first-order valence-corrected chi connectivity index (χ1v) is 11.7. The highest BCUT2D eigenvalue weighted by Gasteiger charge is 2.34. The fraction of sp³-hybridized carbons (Fsp3) is 0.120. The van der Waals surface area contributed by atoms with Crippen LogP contribution < -0.4 is 9.47 Å². The number of rotatable bonds is 8. The molecule has 1 fully saturated rings. The van der Waals surface area contributed by atoms with Crippen LogP contribution in [0.2, 0.25) is 10.0 Å². The van der Waals surface area contributed by atoms with Crippen LogP contribution in [0.4, 0.5) is 4.79 Å². The molecule has 2 amide bonds. The lowest BCUT2D eigenvalue weighted by Gasteiger charge is -2.13. The van der Waals surface area contributed by atoms with E-state index in [1.165, 1.54) is 4.90 Å². The average Bonchev–Trinajstić information content (AvgIpc) is 3.07. The van der Waals surface area contributed by atoms with E-state index in [9.17, 15) is 9.59 Å². The highest BCUT2D eigenvalue weighted by atomic mass is 35.5. The number of hydrogen-bond donors (Lipinski definition) is 0. The van der Waals surface area contributed by atoms with E-state index in [2.05, 4.69) is 0 Å². The van der Waals surface area contributed by atoms with Gasteiger partial charge in [-0.15, -0.1) is 0 Å². The second-order valence-electron chi connectivity index (χ2n) is 7.08. The lowest BCUT2D eigenvalue weighted by Crippen LogP contribution is -2.32. The van der Waals surface area contributed by atoms with Crippen LogP contribution in [0.1, 0.15) is 11.1 Å². The molecule has 0 radical (unpaired) electrons. The van der Waals surface area contributed by atoms with Gasteiger partial charge in [0.25, 0.3) is 11.1 Å². The number of ether oxygens (including phenoxy) is 2. The Morgan fingerprint density at radius 1 is 0.879 bits per heavy atom. The lowest BCUT2D eigenvalue weighted by atomic mass is 10.2. The van der Waals surface area contributed by atoms with Gasteiger partial charge in [0.2, 0.25) is 0 Å². The van der Waals surface area contributed by atoms with Gasteiger partial charge in [-0.05, 0) is 53.2 Å². The highest BCUT2D eigenvalue weighted by Crippen LogP contribution is 2.37. The van der Waals surface area contributed by atoms with Crippen LogP contribution in [0, 0.1) is 0 Å². The molecule has 1 saturated heterocycles. The van der Waals surface area contributed by atoms with Gasteiger partial charge in [-0.25, -0.2) is 0 Å². The topological polar surface area (TPSA) is 55.8 Å². The average molecular weight is 500 g/mol. The van der Waals surface area contributed by atoms with Crippen molar-refractivity contribution in [3.63, 3.8) is 0 Å². The molecule has 4 rings (SSSR count). The zero-order valence-electron chi connectivity index (χ0n) is 17.4. The fourth-order valence-corrected chi connectivity index (χ4v) is 4.62. The van der Waals surface area contributed by atoms with E-state index in [-0.39, 0.29) is 24.3 Å². The van der Waals surface area contributed by atoms with Crippen LogP contribution in [0.15, 0.2) is 77.7 Å². The summed E-state index contributed by atoms with van der Waals surface area (Å²) in [6.45, 7) is 0.689. The molecule has 0 spiro atoms. The molecule has 3 aromatic carbocycles. The molecule has 3 aromatic rings. The Labute approximate surface area is 205 Å². The van der Waals surface area contributed by atoms with Crippen LogP contribution in [0.3, 0.4) is 0 Å². The van der Waals surface area contributed by atoms with Crippen molar-refractivity contribution in [3.8, 4) is 11.5 Å². The van der Waals surface area contributed by atoms with E-state index in [4.69, 9.17) is 32.7 Å². The van der Waals surface area contributed by atoms with Gasteiger partial charge in [0, 0.05) is 0 Å². The molecule has 0 atom stereocenters. The Morgan fingerprint density at radius 3 is 2.18 bits per heavy atom. The molecular formula is C25H19Cl2NO4S. The third-order valence-corrected chi connectivity index (χ3v) is 6.21. The first-order chi connectivity index (χ1) is 16.0. The summed E-state index contributed by atoms with van der Waals surface area (Å²) in [6, 6.07) is 22.2. The SMILES string of the molecule is O=C1S/C(=C\c2cc(Cl)c(OCc3ccccc3)c(Cl)c2)C(=O)N1CCOc1ccccc1. The standard InChI is InChI=1S/C25H19Cl2NO4S/c26-20-13-18(14-21(27)23(20)32-16-17-7-3-1-4-8-17)15-22-24(29)28(25(30)33-22)11-12-31-19-9-5-2-6-10-19/h1-10,13-15H,11-12,16H2/b22-15-. The molecule has 1 aliphatic heterocycles. The number of thioether (sulfide) groups is 1. The van der Waals surface area contributed by atoms with E-state index in [0.29, 0.717) is 38.6 Å². The van der Waals surface area contributed by atoms with Crippen molar-refractivity contribution in [1.29, 1.82) is 0 Å². The first-order valence-electron chi connectivity index (χ1n) is 10.1. The second-order valence-corrected chi connectivity index (χ2v) is 8.89. The molecule has 33 heavy (non-hydrogen) atoms. The molecule has 0 bridgehead atoms. The van der Waals surface area contributed by atoms with Crippen molar-refractivity contribution in [2.75, 3.05) is 13.2 Å². The number of nitrogens with zero attached hydrogens (tertiary/aromatic N) is 1. The molecular weight excluding hydrogens is 481 g/mol. The summed E-state index contributed by atoms with van der Waals surface area (Å²) in [5.74, 6) is 0.669. The first kappa shape index (κ1) is 23.2. The molecule has 5 nitrogen and oxygen atoms in total. The van der Waals surface area contributed by atoms with Gasteiger partial charge in [-0.3, -0.25) is 14.5 Å². The van der Waals surface area contributed by atoms with Crippen LogP contribution in [0.5, 0.6) is 11.5 Å². The smallest absolute Gasteiger partial charge is 0.293 e. The van der Waals surface area contributed by atoms with Gasteiger partial charge in [0.1, 0.15) is 19.0 Å². The maximum Gasteiger partial charge on any atom is 0.293 e. The largest absolute Gasteiger partial charge is 0.492 e. The third kappa shape index (κ3) is 5.90. The summed E-state index contributed by atoms with van der Waals surface area (Å²) in [5.41, 5.74) is 1.58. The monoisotopic (exact) mass is 499 g/mol. The summed E-state index contributed by atoms with van der Waals surface area (Å²) in [5, 5.41) is 0.295. The van der Waals surface area contributed by atoms with Crippen molar-refractivity contribution < 1.29 is 19.1 Å². The van der Waals surface area contributed by atoms with E-state index in [0.717, 1.165) is 17.3 Å². The van der Waals surface area contributed by atoms with E-state index in [1.54, 1.807) is 18.2 Å². The van der Waals surface area contributed by atoms with E-state index < -0.39 is 0 Å². The number of carbonyl (C=O) groups is 2. The van der Waals surface area contributed by atoms with Gasteiger partial charge in [-0.1, -0.05) is 71.7 Å². The molecule has 168 valence electrons. The van der Waals surface area contributed by atoms with Crippen LogP contribution in [-0.4, -0.2) is 29.2 Å². The number of carbonyl (C=O) groups excluding carboxylic acids is 2. The molecule has 0 unspecified atom stereocenters. The van der Waals surface area contributed by atoms with Gasteiger partial charge < -0.3 is 9.47 Å². The molecule has 1 heterocycles. The number of amides is 2. The molecule has 0 aliphatic carbocycles. The van der Waals surface area contributed by atoms with Crippen molar-refractivity contribution >= 4 is 52.2 Å². The van der Waals surface area contributed by atoms with Gasteiger partial charge >= 0.3 is 0 Å². The minimum atomic E-state index is -0.377. The van der Waals surface area contributed by atoms with Gasteiger partial charge in [0.05, 0.1) is 21.5 Å². The summed E-state index contributed by atoms with van der Waals surface area (Å²) in [4.78, 5) is 26.5. The predicted octanol–water partition coefficient (Wildman–Crippen LogP) is 6.69. The summed E-state index contributed by atoms with van der Waals surface area (Å²) in [6.07, 6.45) is 1.60. The minimum Gasteiger partial charge on any atom is -0.492 e. The Bertz CT molecular complexity index is 1160. The molecule has 1 aliphatic rings. The maximum atomic E-state index is 12.7. The van der Waals surface area contributed by atoms with E-state index in [1.807, 2.05) is 60.7 Å². The Morgan fingerprint density at radius 2 is 1.52 bits per heavy atom. The summed E-state index contributed by atoms with van der Waals surface area (Å²) in [7, 11) is 0. The molecule has 8 heteroatoms. The maximum absolute atomic E-state index is 12.7. The Balaban J connectivity index is 1.41. The summed E-state index contributed by atoms with van der Waals surface area (Å²) < 4.78 is 11.4. The number of para-hydroxylation sites is 1. The predicted molar refractivity (Wildman–Crippen MR) is 132 cm³/mol. The van der Waals surface area contributed by atoms with Crippen molar-refractivity contribution in [3.05, 3.63) is 98.9 Å². The van der Waals surface area contributed by atoms with Crippen LogP contribution in [-0.2, 0) is 11.4 Å². The van der Waals surface area contributed by atoms with Crippen LogP contribution >= 0.6 is 35.0 Å². The normalized spacial score (nSPS) is 14.7.